The van der Waals surface area contributed by atoms with Gasteiger partial charge in [0.1, 0.15) is 0 Å². The van der Waals surface area contributed by atoms with Gasteiger partial charge in [-0.25, -0.2) is 0 Å². The average molecular weight is 256 g/mol. The second-order valence-electron chi connectivity index (χ2n) is 4.79. The van der Waals surface area contributed by atoms with Crippen LogP contribution in [0.15, 0.2) is 36.5 Å². The number of hydrogen-bond acceptors (Lipinski definition) is 4. The predicted molar refractivity (Wildman–Crippen MR) is 73.3 cm³/mol. The molecule has 2 heterocycles. The van der Waals surface area contributed by atoms with Gasteiger partial charge in [-0.05, 0) is 18.6 Å². The van der Waals surface area contributed by atoms with Gasteiger partial charge in [-0.1, -0.05) is 18.2 Å². The minimum atomic E-state index is -0.157. The maximum Gasteiger partial charge on any atom is 0.180 e. The molecule has 0 saturated carbocycles. The van der Waals surface area contributed by atoms with Gasteiger partial charge in [-0.3, -0.25) is 9.78 Å². The van der Waals surface area contributed by atoms with E-state index in [4.69, 9.17) is 4.74 Å². The van der Waals surface area contributed by atoms with Crippen molar-refractivity contribution in [1.82, 2.24) is 10.3 Å². The molecule has 0 aliphatic carbocycles. The Morgan fingerprint density at radius 3 is 3.05 bits per heavy atom. The molecule has 2 atom stereocenters. The first-order chi connectivity index (χ1) is 9.29. The Balaban J connectivity index is 1.94. The summed E-state index contributed by atoms with van der Waals surface area (Å²) in [6.07, 6.45) is 2.60. The van der Waals surface area contributed by atoms with E-state index in [1.54, 1.807) is 13.3 Å². The first-order valence-corrected chi connectivity index (χ1v) is 6.43. The third-order valence-electron chi connectivity index (χ3n) is 3.65. The van der Waals surface area contributed by atoms with Gasteiger partial charge in [-0.2, -0.15) is 0 Å². The molecule has 98 valence electrons. The summed E-state index contributed by atoms with van der Waals surface area (Å²) in [7, 11) is 1.68. The largest absolute Gasteiger partial charge is 0.380 e. The molecule has 19 heavy (non-hydrogen) atoms. The summed E-state index contributed by atoms with van der Waals surface area (Å²) in [5.41, 5.74) is 1.59. The number of hydrogen-bond donors (Lipinski definition) is 1. The van der Waals surface area contributed by atoms with E-state index >= 15 is 0 Å². The molecule has 1 aliphatic rings. The van der Waals surface area contributed by atoms with Crippen molar-refractivity contribution in [3.63, 3.8) is 0 Å². The van der Waals surface area contributed by atoms with Gasteiger partial charge in [0.15, 0.2) is 5.78 Å². The number of benzene rings is 1. The number of pyridine rings is 1. The van der Waals surface area contributed by atoms with E-state index in [1.165, 1.54) is 0 Å². The second kappa shape index (κ2) is 5.07. The third kappa shape index (κ3) is 2.25. The standard InChI is InChI=1S/C15H16N2O2/c1-19-10-8-14(17-9-10)15(18)12-4-2-6-13-11(12)5-3-7-16-13/h2-7,10,14,17H,8-9H2,1H3. The highest BCUT2D eigenvalue weighted by molar-refractivity contribution is 6.09. The summed E-state index contributed by atoms with van der Waals surface area (Å²) >= 11 is 0. The van der Waals surface area contributed by atoms with Crippen molar-refractivity contribution >= 4 is 16.7 Å². The van der Waals surface area contributed by atoms with Crippen LogP contribution in [-0.2, 0) is 4.74 Å². The summed E-state index contributed by atoms with van der Waals surface area (Å²) in [5.74, 6) is 0.123. The molecule has 4 nitrogen and oxygen atoms in total. The number of nitrogens with one attached hydrogen (secondary N) is 1. The first-order valence-electron chi connectivity index (χ1n) is 6.43. The predicted octanol–water partition coefficient (Wildman–Crippen LogP) is 1.79. The lowest BCUT2D eigenvalue weighted by molar-refractivity contribution is 0.0920. The number of rotatable bonds is 3. The Morgan fingerprint density at radius 1 is 1.37 bits per heavy atom. The third-order valence-corrected chi connectivity index (χ3v) is 3.65. The molecule has 1 fully saturated rings. The van der Waals surface area contributed by atoms with Crippen molar-refractivity contribution in [2.45, 2.75) is 18.6 Å². The number of aromatic nitrogens is 1. The van der Waals surface area contributed by atoms with Gasteiger partial charge >= 0.3 is 0 Å². The summed E-state index contributed by atoms with van der Waals surface area (Å²) in [6, 6.07) is 9.32. The number of carbonyl (C=O) groups is 1. The highest BCUT2D eigenvalue weighted by atomic mass is 16.5. The summed E-state index contributed by atoms with van der Waals surface area (Å²) in [4.78, 5) is 16.9. The molecule has 2 aromatic rings. The van der Waals surface area contributed by atoms with Crippen LogP contribution in [-0.4, -0.2) is 36.6 Å². The van der Waals surface area contributed by atoms with Crippen LogP contribution in [0.3, 0.4) is 0 Å². The summed E-state index contributed by atoms with van der Waals surface area (Å²) < 4.78 is 5.29. The normalized spacial score (nSPS) is 22.8. The lowest BCUT2D eigenvalue weighted by Crippen LogP contribution is -2.30. The molecule has 1 N–H and O–H groups in total. The number of Topliss-reactive ketones (excluding diaryl/α,β-unsaturated/α-hetero) is 1. The van der Waals surface area contributed by atoms with Crippen molar-refractivity contribution in [1.29, 1.82) is 0 Å². The zero-order valence-electron chi connectivity index (χ0n) is 10.8. The van der Waals surface area contributed by atoms with Crippen molar-refractivity contribution in [3.05, 3.63) is 42.1 Å². The second-order valence-corrected chi connectivity index (χ2v) is 4.79. The van der Waals surface area contributed by atoms with Gasteiger partial charge in [0, 0.05) is 30.8 Å². The number of ether oxygens (including phenoxy) is 1. The maximum atomic E-state index is 12.6. The van der Waals surface area contributed by atoms with Crippen LogP contribution in [0.25, 0.3) is 10.9 Å². The zero-order valence-corrected chi connectivity index (χ0v) is 10.8. The molecule has 1 aromatic heterocycles. The molecule has 3 rings (SSSR count). The Labute approximate surface area is 111 Å². The lowest BCUT2D eigenvalue weighted by Gasteiger charge is -2.11. The van der Waals surface area contributed by atoms with Crippen LogP contribution in [0.4, 0.5) is 0 Å². The molecule has 0 bridgehead atoms. The molecule has 1 saturated heterocycles. The van der Waals surface area contributed by atoms with Crippen molar-refractivity contribution < 1.29 is 9.53 Å². The Morgan fingerprint density at radius 2 is 2.26 bits per heavy atom. The zero-order chi connectivity index (χ0) is 13.2. The van der Waals surface area contributed by atoms with Crippen LogP contribution in [0.2, 0.25) is 0 Å². The summed E-state index contributed by atoms with van der Waals surface area (Å²) in [5, 5.41) is 4.14. The van der Waals surface area contributed by atoms with Gasteiger partial charge in [0.25, 0.3) is 0 Å². The highest BCUT2D eigenvalue weighted by Gasteiger charge is 2.30. The summed E-state index contributed by atoms with van der Waals surface area (Å²) in [6.45, 7) is 0.732. The quantitative estimate of drug-likeness (QED) is 0.851. The van der Waals surface area contributed by atoms with Crippen molar-refractivity contribution in [2.75, 3.05) is 13.7 Å². The van der Waals surface area contributed by atoms with E-state index < -0.39 is 0 Å². The fourth-order valence-corrected chi connectivity index (χ4v) is 2.59. The minimum absolute atomic E-state index is 0.123. The fourth-order valence-electron chi connectivity index (χ4n) is 2.59. The average Bonchev–Trinajstić information content (AvgIpc) is 2.95. The molecular formula is C15H16N2O2. The monoisotopic (exact) mass is 256 g/mol. The number of nitrogens with zero attached hydrogens (tertiary/aromatic N) is 1. The Kier molecular flexibility index (Phi) is 3.27. The number of fused-ring (bicyclic) bond motifs is 1. The molecule has 4 heteroatoms. The SMILES string of the molecule is COC1CNC(C(=O)c2cccc3ncccc23)C1. The van der Waals surface area contributed by atoms with Gasteiger partial charge < -0.3 is 10.1 Å². The molecular weight excluding hydrogens is 240 g/mol. The lowest BCUT2D eigenvalue weighted by atomic mass is 9.98. The fraction of sp³-hybridized carbons (Fsp3) is 0.333. The van der Waals surface area contributed by atoms with Crippen LogP contribution in [0.1, 0.15) is 16.8 Å². The van der Waals surface area contributed by atoms with Gasteiger partial charge in [0.05, 0.1) is 17.7 Å². The van der Waals surface area contributed by atoms with E-state index in [9.17, 15) is 4.79 Å². The van der Waals surface area contributed by atoms with Crippen LogP contribution in [0, 0.1) is 0 Å². The van der Waals surface area contributed by atoms with E-state index in [-0.39, 0.29) is 17.9 Å². The molecule has 0 spiro atoms. The number of methoxy groups -OCH3 is 1. The topological polar surface area (TPSA) is 51.2 Å². The molecule has 1 aliphatic heterocycles. The number of ketones is 1. The smallest absolute Gasteiger partial charge is 0.180 e. The van der Waals surface area contributed by atoms with Crippen LogP contribution >= 0.6 is 0 Å². The van der Waals surface area contributed by atoms with E-state index in [1.807, 2.05) is 30.3 Å². The molecule has 1 aromatic carbocycles. The van der Waals surface area contributed by atoms with E-state index in [0.29, 0.717) is 0 Å². The van der Waals surface area contributed by atoms with Gasteiger partial charge in [0.2, 0.25) is 0 Å². The van der Waals surface area contributed by atoms with Crippen LogP contribution < -0.4 is 5.32 Å². The molecule has 0 amide bonds. The van der Waals surface area contributed by atoms with E-state index in [2.05, 4.69) is 10.3 Å². The molecule has 2 unspecified atom stereocenters. The van der Waals surface area contributed by atoms with E-state index in [0.717, 1.165) is 29.4 Å². The van der Waals surface area contributed by atoms with Crippen LogP contribution in [0.5, 0.6) is 0 Å². The van der Waals surface area contributed by atoms with Gasteiger partial charge in [-0.15, -0.1) is 0 Å². The van der Waals surface area contributed by atoms with Crippen molar-refractivity contribution in [3.8, 4) is 0 Å². The molecule has 0 radical (unpaired) electrons. The maximum absolute atomic E-state index is 12.6. The number of carbonyl (C=O) groups excluding carboxylic acids is 1. The minimum Gasteiger partial charge on any atom is -0.380 e. The highest BCUT2D eigenvalue weighted by Crippen LogP contribution is 2.21. The van der Waals surface area contributed by atoms with Crippen molar-refractivity contribution in [2.24, 2.45) is 0 Å². The Hall–Kier alpha value is -1.78. The Bertz CT molecular complexity index is 607. The first kappa shape index (κ1) is 12.3.